The zero-order chi connectivity index (χ0) is 27.4. The molecule has 0 amide bonds. The van der Waals surface area contributed by atoms with Crippen LogP contribution in [0.25, 0.3) is 11.0 Å². The summed E-state index contributed by atoms with van der Waals surface area (Å²) in [5.74, 6) is 1.74. The van der Waals surface area contributed by atoms with Gasteiger partial charge in [0.15, 0.2) is 0 Å². The summed E-state index contributed by atoms with van der Waals surface area (Å²) in [6, 6.07) is 25.2. The van der Waals surface area contributed by atoms with Crippen LogP contribution in [0.1, 0.15) is 18.1 Å². The van der Waals surface area contributed by atoms with Crippen LogP contribution in [0.4, 0.5) is 29.1 Å². The Labute approximate surface area is 239 Å². The van der Waals surface area contributed by atoms with E-state index in [-0.39, 0.29) is 18.2 Å². The molecule has 2 heterocycles. The molecule has 40 heavy (non-hydrogen) atoms. The smallest absolute Gasteiger partial charge is 0.229 e. The Balaban J connectivity index is 0.00000370. The van der Waals surface area contributed by atoms with Crippen molar-refractivity contribution in [3.8, 4) is 0 Å². The van der Waals surface area contributed by atoms with E-state index in [9.17, 15) is 8.42 Å². The van der Waals surface area contributed by atoms with Crippen LogP contribution in [-0.4, -0.2) is 35.0 Å². The molecule has 5 rings (SSSR count). The zero-order valence-electron chi connectivity index (χ0n) is 22.2. The molecule has 4 N–H and O–H groups in total. The Hall–Kier alpha value is -4.19. The molecule has 0 unspecified atom stereocenters. The van der Waals surface area contributed by atoms with Gasteiger partial charge in [0.25, 0.3) is 0 Å². The van der Waals surface area contributed by atoms with Gasteiger partial charge in [-0.1, -0.05) is 42.5 Å². The van der Waals surface area contributed by atoms with Gasteiger partial charge in [0.05, 0.1) is 16.8 Å². The lowest BCUT2D eigenvalue weighted by molar-refractivity contribution is 0.597. The molecule has 12 heteroatoms. The van der Waals surface area contributed by atoms with Gasteiger partial charge in [0.2, 0.25) is 21.9 Å². The number of hydrogen-bond acceptors (Lipinski definition) is 8. The number of nitrogens with one attached hydrogen (secondary N) is 2. The van der Waals surface area contributed by atoms with Crippen molar-refractivity contribution in [2.24, 2.45) is 5.14 Å². The Morgan fingerprint density at radius 2 is 1.70 bits per heavy atom. The number of imidazole rings is 1. The van der Waals surface area contributed by atoms with Crippen molar-refractivity contribution in [3.63, 3.8) is 0 Å². The van der Waals surface area contributed by atoms with Crippen LogP contribution in [0.15, 0.2) is 85.1 Å². The highest BCUT2D eigenvalue weighted by atomic mass is 35.5. The highest BCUT2D eigenvalue weighted by Crippen LogP contribution is 2.28. The van der Waals surface area contributed by atoms with Crippen LogP contribution in [0.2, 0.25) is 0 Å². The van der Waals surface area contributed by atoms with E-state index in [2.05, 4.69) is 62.4 Å². The van der Waals surface area contributed by atoms with Gasteiger partial charge in [-0.05, 0) is 54.4 Å². The summed E-state index contributed by atoms with van der Waals surface area (Å²) in [7, 11) is -1.64. The van der Waals surface area contributed by atoms with E-state index in [1.807, 2.05) is 36.2 Å². The predicted molar refractivity (Wildman–Crippen MR) is 163 cm³/mol. The maximum Gasteiger partial charge on any atom is 0.229 e. The summed E-state index contributed by atoms with van der Waals surface area (Å²) >= 11 is 0. The third kappa shape index (κ3) is 6.87. The third-order valence-electron chi connectivity index (χ3n) is 6.29. The molecule has 0 spiro atoms. The van der Waals surface area contributed by atoms with E-state index in [1.165, 1.54) is 5.56 Å². The maximum atomic E-state index is 11.3. The second-order valence-corrected chi connectivity index (χ2v) is 10.7. The first-order chi connectivity index (χ1) is 18.8. The number of primary sulfonamides is 1. The molecule has 5 aromatic rings. The molecule has 0 aliphatic rings. The van der Waals surface area contributed by atoms with Crippen molar-refractivity contribution >= 4 is 62.6 Å². The highest BCUT2D eigenvalue weighted by Gasteiger charge is 2.13. The van der Waals surface area contributed by atoms with Gasteiger partial charge >= 0.3 is 0 Å². The molecule has 0 saturated heterocycles. The van der Waals surface area contributed by atoms with Crippen molar-refractivity contribution in [2.45, 2.75) is 25.8 Å². The minimum Gasteiger partial charge on any atom is -0.352 e. The summed E-state index contributed by atoms with van der Waals surface area (Å²) in [5, 5.41) is 11.8. The van der Waals surface area contributed by atoms with Crippen LogP contribution < -0.4 is 20.7 Å². The van der Waals surface area contributed by atoms with Crippen molar-refractivity contribution in [2.75, 3.05) is 22.6 Å². The van der Waals surface area contributed by atoms with Crippen molar-refractivity contribution < 1.29 is 8.42 Å². The minimum absolute atomic E-state index is 0. The molecular weight excluding hydrogens is 548 g/mol. The van der Waals surface area contributed by atoms with Gasteiger partial charge < -0.3 is 20.1 Å². The van der Waals surface area contributed by atoms with Gasteiger partial charge in [0.1, 0.15) is 5.82 Å². The van der Waals surface area contributed by atoms with E-state index in [4.69, 9.17) is 10.1 Å². The first kappa shape index (κ1) is 28.8. The molecule has 0 fully saturated rings. The predicted octanol–water partition coefficient (Wildman–Crippen LogP) is 5.18. The van der Waals surface area contributed by atoms with Crippen molar-refractivity contribution in [1.29, 1.82) is 0 Å². The standard InChI is InChI=1S/C28H30N8O2S.ClH/c1-3-36-25-14-13-23(17-24(25)33-28(36)31-18-20-7-5-4-6-8-20)35(2)26-15-16-30-27(34-26)32-22-11-9-21(10-12-22)19-39(29,37)38;/h4-17H,3,18-19H2,1-2H3,(H,31,33)(H2,29,37,38)(H,30,32,34);1H. The Bertz CT molecular complexity index is 1690. The van der Waals surface area contributed by atoms with Crippen molar-refractivity contribution in [1.82, 2.24) is 19.5 Å². The second kappa shape index (κ2) is 12.3. The number of nitrogens with two attached hydrogens (primary N) is 1. The molecule has 208 valence electrons. The number of nitrogens with zero attached hydrogens (tertiary/aromatic N) is 5. The fraction of sp³-hybridized carbons (Fsp3) is 0.179. The number of aromatic nitrogens is 4. The maximum absolute atomic E-state index is 11.3. The fourth-order valence-electron chi connectivity index (χ4n) is 4.33. The van der Waals surface area contributed by atoms with Crippen LogP contribution in [0.3, 0.4) is 0 Å². The number of benzene rings is 3. The molecule has 3 aromatic carbocycles. The van der Waals surface area contributed by atoms with Gasteiger partial charge in [-0.3, -0.25) is 0 Å². The first-order valence-corrected chi connectivity index (χ1v) is 14.2. The molecular formula is C28H31ClN8O2S. The normalized spacial score (nSPS) is 11.2. The Morgan fingerprint density at radius 3 is 2.40 bits per heavy atom. The minimum atomic E-state index is -3.58. The van der Waals surface area contributed by atoms with Crippen LogP contribution >= 0.6 is 12.4 Å². The zero-order valence-corrected chi connectivity index (χ0v) is 23.8. The molecule has 0 aliphatic heterocycles. The molecule has 0 aliphatic carbocycles. The van der Waals surface area contributed by atoms with E-state index < -0.39 is 10.0 Å². The molecule has 10 nitrogen and oxygen atoms in total. The number of hydrogen-bond donors (Lipinski definition) is 3. The summed E-state index contributed by atoms with van der Waals surface area (Å²) in [5.41, 5.74) is 5.42. The molecule has 0 radical (unpaired) electrons. The van der Waals surface area contributed by atoms with Crippen LogP contribution in [-0.2, 0) is 28.9 Å². The van der Waals surface area contributed by atoms with E-state index in [1.54, 1.807) is 30.5 Å². The number of aryl methyl sites for hydroxylation is 1. The largest absolute Gasteiger partial charge is 0.352 e. The summed E-state index contributed by atoms with van der Waals surface area (Å²) in [4.78, 5) is 15.8. The summed E-state index contributed by atoms with van der Waals surface area (Å²) < 4.78 is 24.8. The Kier molecular flexibility index (Phi) is 8.88. The fourth-order valence-corrected chi connectivity index (χ4v) is 4.99. The lowest BCUT2D eigenvalue weighted by Crippen LogP contribution is -2.14. The first-order valence-electron chi connectivity index (χ1n) is 12.5. The number of halogens is 1. The second-order valence-electron chi connectivity index (χ2n) is 9.12. The Morgan fingerprint density at radius 1 is 0.950 bits per heavy atom. The van der Waals surface area contributed by atoms with Gasteiger partial charge in [0, 0.05) is 37.7 Å². The van der Waals surface area contributed by atoms with E-state index in [0.29, 0.717) is 23.9 Å². The molecule has 0 bridgehead atoms. The lowest BCUT2D eigenvalue weighted by atomic mass is 10.2. The average Bonchev–Trinajstić information content (AvgIpc) is 3.29. The quantitative estimate of drug-likeness (QED) is 0.207. The van der Waals surface area contributed by atoms with Gasteiger partial charge in [-0.25, -0.2) is 23.5 Å². The van der Waals surface area contributed by atoms with Gasteiger partial charge in [-0.2, -0.15) is 4.98 Å². The highest BCUT2D eigenvalue weighted by molar-refractivity contribution is 7.88. The monoisotopic (exact) mass is 578 g/mol. The van der Waals surface area contributed by atoms with E-state index in [0.717, 1.165) is 34.9 Å². The summed E-state index contributed by atoms with van der Waals surface area (Å²) in [6.07, 6.45) is 1.69. The lowest BCUT2D eigenvalue weighted by Gasteiger charge is -2.19. The van der Waals surface area contributed by atoms with Crippen molar-refractivity contribution in [3.05, 3.63) is 96.2 Å². The average molecular weight is 579 g/mol. The third-order valence-corrected chi connectivity index (χ3v) is 7.03. The number of fused-ring (bicyclic) bond motifs is 1. The van der Waals surface area contributed by atoms with E-state index >= 15 is 0 Å². The molecule has 2 aromatic heterocycles. The number of sulfonamides is 1. The van der Waals surface area contributed by atoms with Crippen LogP contribution in [0, 0.1) is 0 Å². The summed E-state index contributed by atoms with van der Waals surface area (Å²) in [6.45, 7) is 3.60. The molecule has 0 atom stereocenters. The molecule has 0 saturated carbocycles. The topological polar surface area (TPSA) is 131 Å². The van der Waals surface area contributed by atoms with Gasteiger partial charge in [-0.15, -0.1) is 12.4 Å². The van der Waals surface area contributed by atoms with Crippen LogP contribution in [0.5, 0.6) is 0 Å². The SMILES string of the molecule is CCn1c(NCc2ccccc2)nc2cc(N(C)c3ccnc(Nc4ccc(CS(N)(=O)=O)cc4)n3)ccc21.Cl. The number of rotatable bonds is 10. The number of anilines is 5.